The number of nitrogen functional groups attached to an aromatic ring is 1. The largest absolute Gasteiger partial charge is 0.374 e. The Morgan fingerprint density at radius 2 is 1.94 bits per heavy atom. The number of hydrogen-bond acceptors (Lipinski definition) is 5. The zero-order chi connectivity index (χ0) is 12.5. The minimum Gasteiger partial charge on any atom is -0.374 e. The van der Waals surface area contributed by atoms with Crippen LogP contribution in [-0.2, 0) is 0 Å². The lowest BCUT2D eigenvalue weighted by Crippen LogP contribution is -2.24. The van der Waals surface area contributed by atoms with Crippen LogP contribution in [0.15, 0.2) is 0 Å². The molecule has 6 heteroatoms. The highest BCUT2D eigenvalue weighted by molar-refractivity contribution is 7.16. The molecule has 0 bridgehead atoms. The molecule has 0 aliphatic heterocycles. The molecule has 0 saturated carbocycles. The van der Waals surface area contributed by atoms with E-state index in [-0.39, 0.29) is 5.91 Å². The van der Waals surface area contributed by atoms with Crippen LogP contribution < -0.4 is 11.1 Å². The lowest BCUT2D eigenvalue weighted by atomic mass is 10.1. The van der Waals surface area contributed by atoms with E-state index in [1.54, 1.807) is 0 Å². The van der Waals surface area contributed by atoms with Crippen molar-refractivity contribution in [3.8, 4) is 0 Å². The van der Waals surface area contributed by atoms with Crippen molar-refractivity contribution in [2.45, 2.75) is 45.4 Å². The molecule has 0 spiro atoms. The Hall–Kier alpha value is -1.17. The number of hydrogen-bond donors (Lipinski definition) is 2. The average molecular weight is 256 g/mol. The second-order valence-corrected chi connectivity index (χ2v) is 4.98. The summed E-state index contributed by atoms with van der Waals surface area (Å²) in [6, 6.07) is 0. The number of rotatable bonds is 8. The minimum absolute atomic E-state index is 0.173. The zero-order valence-corrected chi connectivity index (χ0v) is 11.1. The Balaban J connectivity index is 2.05. The van der Waals surface area contributed by atoms with E-state index in [0.29, 0.717) is 16.7 Å². The van der Waals surface area contributed by atoms with Crippen LogP contribution in [0.5, 0.6) is 0 Å². The van der Waals surface area contributed by atoms with Crippen molar-refractivity contribution in [1.29, 1.82) is 0 Å². The van der Waals surface area contributed by atoms with Gasteiger partial charge >= 0.3 is 0 Å². The normalized spacial score (nSPS) is 10.4. The van der Waals surface area contributed by atoms with Gasteiger partial charge in [0.05, 0.1) is 0 Å². The molecule has 0 aromatic carbocycles. The lowest BCUT2D eigenvalue weighted by molar-refractivity contribution is 0.0952. The third-order valence-electron chi connectivity index (χ3n) is 2.45. The summed E-state index contributed by atoms with van der Waals surface area (Å²) >= 11 is 1.11. The number of nitrogens with one attached hydrogen (secondary N) is 1. The van der Waals surface area contributed by atoms with Gasteiger partial charge in [0.1, 0.15) is 0 Å². The summed E-state index contributed by atoms with van der Waals surface area (Å²) in [5.41, 5.74) is 5.40. The quantitative estimate of drug-likeness (QED) is 0.699. The van der Waals surface area contributed by atoms with E-state index in [1.165, 1.54) is 32.1 Å². The van der Waals surface area contributed by atoms with E-state index < -0.39 is 0 Å². The van der Waals surface area contributed by atoms with Gasteiger partial charge in [0, 0.05) is 6.54 Å². The van der Waals surface area contributed by atoms with E-state index in [2.05, 4.69) is 22.4 Å². The van der Waals surface area contributed by atoms with Crippen molar-refractivity contribution in [3.63, 3.8) is 0 Å². The highest BCUT2D eigenvalue weighted by Crippen LogP contribution is 2.10. The van der Waals surface area contributed by atoms with Gasteiger partial charge in [-0.15, -0.1) is 10.2 Å². The first-order valence-electron chi connectivity index (χ1n) is 6.11. The summed E-state index contributed by atoms with van der Waals surface area (Å²) in [7, 11) is 0. The fourth-order valence-electron chi connectivity index (χ4n) is 1.51. The van der Waals surface area contributed by atoms with Gasteiger partial charge in [-0.1, -0.05) is 50.4 Å². The lowest BCUT2D eigenvalue weighted by Gasteiger charge is -2.02. The molecule has 0 unspecified atom stereocenters. The van der Waals surface area contributed by atoms with Crippen LogP contribution in [0.4, 0.5) is 5.13 Å². The average Bonchev–Trinajstić information content (AvgIpc) is 2.74. The summed E-state index contributed by atoms with van der Waals surface area (Å²) in [6.07, 6.45) is 7.28. The summed E-state index contributed by atoms with van der Waals surface area (Å²) in [4.78, 5) is 11.5. The molecule has 1 amide bonds. The second kappa shape index (κ2) is 8.00. The Bertz CT molecular complexity index is 340. The van der Waals surface area contributed by atoms with Crippen molar-refractivity contribution >= 4 is 22.4 Å². The van der Waals surface area contributed by atoms with Crippen LogP contribution in [-0.4, -0.2) is 22.6 Å². The molecule has 1 aromatic heterocycles. The van der Waals surface area contributed by atoms with Crippen molar-refractivity contribution < 1.29 is 4.79 Å². The molecule has 0 radical (unpaired) electrons. The molecule has 0 atom stereocenters. The van der Waals surface area contributed by atoms with E-state index in [1.807, 2.05) is 0 Å². The summed E-state index contributed by atoms with van der Waals surface area (Å²) < 4.78 is 0. The molecular weight excluding hydrogens is 236 g/mol. The first-order valence-corrected chi connectivity index (χ1v) is 6.93. The number of unbranched alkanes of at least 4 members (excludes halogenated alkanes) is 5. The third-order valence-corrected chi connectivity index (χ3v) is 3.20. The van der Waals surface area contributed by atoms with E-state index in [9.17, 15) is 4.79 Å². The van der Waals surface area contributed by atoms with Crippen molar-refractivity contribution in [3.05, 3.63) is 5.01 Å². The number of anilines is 1. The topological polar surface area (TPSA) is 80.9 Å². The number of nitrogens with zero attached hydrogens (tertiary/aromatic N) is 2. The molecule has 1 heterocycles. The van der Waals surface area contributed by atoms with Gasteiger partial charge in [0.15, 0.2) is 0 Å². The molecule has 0 aliphatic carbocycles. The number of carbonyl (C=O) groups excluding carboxylic acids is 1. The SMILES string of the molecule is CCCCCCCCNC(=O)c1nnc(N)s1. The molecule has 96 valence electrons. The molecule has 0 fully saturated rings. The van der Waals surface area contributed by atoms with Crippen LogP contribution in [0.1, 0.15) is 55.3 Å². The molecule has 1 rings (SSSR count). The highest BCUT2D eigenvalue weighted by atomic mass is 32.1. The minimum atomic E-state index is -0.173. The van der Waals surface area contributed by atoms with Gasteiger partial charge in [0.2, 0.25) is 10.1 Å². The first kappa shape index (κ1) is 13.9. The monoisotopic (exact) mass is 256 g/mol. The van der Waals surface area contributed by atoms with E-state index in [0.717, 1.165) is 17.8 Å². The Kier molecular flexibility index (Phi) is 6.54. The van der Waals surface area contributed by atoms with E-state index in [4.69, 9.17) is 5.73 Å². The van der Waals surface area contributed by atoms with E-state index >= 15 is 0 Å². The van der Waals surface area contributed by atoms with Gasteiger partial charge in [-0.05, 0) is 6.42 Å². The number of aromatic nitrogens is 2. The summed E-state index contributed by atoms with van der Waals surface area (Å²) in [5.74, 6) is -0.173. The standard InChI is InChI=1S/C11H20N4OS/c1-2-3-4-5-6-7-8-13-9(16)10-14-15-11(12)17-10/h2-8H2,1H3,(H2,12,15)(H,13,16). The number of carbonyl (C=O) groups is 1. The van der Waals surface area contributed by atoms with Crippen molar-refractivity contribution in [2.24, 2.45) is 0 Å². The maximum Gasteiger partial charge on any atom is 0.282 e. The molecule has 3 N–H and O–H groups in total. The predicted octanol–water partition coefficient (Wildman–Crippen LogP) is 2.21. The van der Waals surface area contributed by atoms with Gasteiger partial charge in [-0.3, -0.25) is 4.79 Å². The highest BCUT2D eigenvalue weighted by Gasteiger charge is 2.10. The van der Waals surface area contributed by atoms with Crippen molar-refractivity contribution in [2.75, 3.05) is 12.3 Å². The van der Waals surface area contributed by atoms with Crippen LogP contribution in [0.3, 0.4) is 0 Å². The fourth-order valence-corrected chi connectivity index (χ4v) is 2.04. The zero-order valence-electron chi connectivity index (χ0n) is 10.2. The second-order valence-electron chi connectivity index (χ2n) is 3.97. The molecular formula is C11H20N4OS. The van der Waals surface area contributed by atoms with Gasteiger partial charge in [-0.25, -0.2) is 0 Å². The summed E-state index contributed by atoms with van der Waals surface area (Å²) in [6.45, 7) is 2.90. The van der Waals surface area contributed by atoms with Gasteiger partial charge < -0.3 is 11.1 Å². The molecule has 1 aromatic rings. The van der Waals surface area contributed by atoms with Crippen LogP contribution in [0.25, 0.3) is 0 Å². The first-order chi connectivity index (χ1) is 8.24. The van der Waals surface area contributed by atoms with Gasteiger partial charge in [0.25, 0.3) is 5.91 Å². The number of nitrogens with two attached hydrogens (primary N) is 1. The summed E-state index contributed by atoms with van der Waals surface area (Å²) in [5, 5.41) is 10.8. The van der Waals surface area contributed by atoms with Gasteiger partial charge in [-0.2, -0.15) is 0 Å². The number of amides is 1. The predicted molar refractivity (Wildman–Crippen MR) is 70.0 cm³/mol. The third kappa shape index (κ3) is 5.63. The molecule has 17 heavy (non-hydrogen) atoms. The Labute approximate surface area is 106 Å². The smallest absolute Gasteiger partial charge is 0.282 e. The van der Waals surface area contributed by atoms with Crippen LogP contribution in [0.2, 0.25) is 0 Å². The van der Waals surface area contributed by atoms with Crippen molar-refractivity contribution in [1.82, 2.24) is 15.5 Å². The molecule has 5 nitrogen and oxygen atoms in total. The fraction of sp³-hybridized carbons (Fsp3) is 0.727. The maximum absolute atomic E-state index is 11.5. The Morgan fingerprint density at radius 3 is 2.59 bits per heavy atom. The molecule has 0 saturated heterocycles. The maximum atomic E-state index is 11.5. The van der Waals surface area contributed by atoms with Crippen LogP contribution >= 0.6 is 11.3 Å². The Morgan fingerprint density at radius 1 is 1.24 bits per heavy atom. The van der Waals surface area contributed by atoms with Crippen LogP contribution in [0, 0.1) is 0 Å². The molecule has 0 aliphatic rings.